The van der Waals surface area contributed by atoms with Gasteiger partial charge in [0, 0.05) is 12.7 Å². The molecular formula is C14H19ClN2O3. The van der Waals surface area contributed by atoms with Crippen LogP contribution in [0.5, 0.6) is 0 Å². The summed E-state index contributed by atoms with van der Waals surface area (Å²) in [5.74, 6) is -0.650. The lowest BCUT2D eigenvalue weighted by Crippen LogP contribution is -2.36. The van der Waals surface area contributed by atoms with Gasteiger partial charge < -0.3 is 15.5 Å². The fourth-order valence-electron chi connectivity index (χ4n) is 2.50. The van der Waals surface area contributed by atoms with Crippen LogP contribution in [-0.2, 0) is 0 Å². The predicted octanol–water partition coefficient (Wildman–Crippen LogP) is 2.93. The maximum atomic E-state index is 10.8. The molecular weight excluding hydrogens is 280 g/mol. The van der Waals surface area contributed by atoms with Crippen LogP contribution in [0.3, 0.4) is 0 Å². The standard InChI is InChI=1S/C14H19ClN2O3/c15-11-7-10(13(18)19)8-16-12(11)17-9-14(20)5-3-1-2-4-6-14/h7-8,20H,1-6,9H2,(H,16,17)(H,18,19). The van der Waals surface area contributed by atoms with Gasteiger partial charge in [-0.3, -0.25) is 0 Å². The maximum Gasteiger partial charge on any atom is 0.337 e. The number of aliphatic hydroxyl groups is 1. The zero-order valence-corrected chi connectivity index (χ0v) is 12.0. The second kappa shape index (κ2) is 6.41. The number of pyridine rings is 1. The number of nitrogens with one attached hydrogen (secondary N) is 1. The molecule has 0 aromatic carbocycles. The quantitative estimate of drug-likeness (QED) is 0.745. The van der Waals surface area contributed by atoms with E-state index in [1.54, 1.807) is 0 Å². The lowest BCUT2D eigenvalue weighted by Gasteiger charge is -2.27. The number of carbonyl (C=O) groups is 1. The van der Waals surface area contributed by atoms with Gasteiger partial charge in [0.2, 0.25) is 0 Å². The Hall–Kier alpha value is -1.33. The molecule has 1 saturated carbocycles. The van der Waals surface area contributed by atoms with Crippen molar-refractivity contribution < 1.29 is 15.0 Å². The summed E-state index contributed by atoms with van der Waals surface area (Å²) in [6.07, 6.45) is 7.17. The molecule has 0 bridgehead atoms. The van der Waals surface area contributed by atoms with E-state index in [4.69, 9.17) is 16.7 Å². The van der Waals surface area contributed by atoms with Gasteiger partial charge in [-0.15, -0.1) is 0 Å². The van der Waals surface area contributed by atoms with E-state index < -0.39 is 11.6 Å². The summed E-state index contributed by atoms with van der Waals surface area (Å²) in [7, 11) is 0. The molecule has 2 rings (SSSR count). The van der Waals surface area contributed by atoms with Gasteiger partial charge >= 0.3 is 5.97 Å². The Morgan fingerprint density at radius 1 is 1.35 bits per heavy atom. The number of aromatic carboxylic acids is 1. The summed E-state index contributed by atoms with van der Waals surface area (Å²) in [6, 6.07) is 1.36. The van der Waals surface area contributed by atoms with E-state index in [-0.39, 0.29) is 10.6 Å². The highest BCUT2D eigenvalue weighted by Gasteiger charge is 2.28. The van der Waals surface area contributed by atoms with Crippen molar-refractivity contribution in [2.24, 2.45) is 0 Å². The molecule has 110 valence electrons. The van der Waals surface area contributed by atoms with E-state index >= 15 is 0 Å². The highest BCUT2D eigenvalue weighted by Crippen LogP contribution is 2.28. The molecule has 0 spiro atoms. The van der Waals surface area contributed by atoms with Gasteiger partial charge in [0.15, 0.2) is 0 Å². The molecule has 5 nitrogen and oxygen atoms in total. The van der Waals surface area contributed by atoms with Crippen molar-refractivity contribution >= 4 is 23.4 Å². The fourth-order valence-corrected chi connectivity index (χ4v) is 2.73. The van der Waals surface area contributed by atoms with Crippen LogP contribution >= 0.6 is 11.6 Å². The number of hydrogen-bond acceptors (Lipinski definition) is 4. The molecule has 0 atom stereocenters. The van der Waals surface area contributed by atoms with Crippen molar-refractivity contribution in [1.82, 2.24) is 4.98 Å². The number of rotatable bonds is 4. The lowest BCUT2D eigenvalue weighted by atomic mass is 9.94. The minimum absolute atomic E-state index is 0.0497. The Bertz CT molecular complexity index is 485. The number of aromatic nitrogens is 1. The van der Waals surface area contributed by atoms with Crippen molar-refractivity contribution in [2.75, 3.05) is 11.9 Å². The molecule has 1 aliphatic carbocycles. The highest BCUT2D eigenvalue weighted by atomic mass is 35.5. The highest BCUT2D eigenvalue weighted by molar-refractivity contribution is 6.33. The maximum absolute atomic E-state index is 10.8. The summed E-state index contributed by atoms with van der Waals surface area (Å²) in [5.41, 5.74) is -0.679. The average molecular weight is 299 g/mol. The molecule has 0 amide bonds. The molecule has 1 aromatic heterocycles. The van der Waals surface area contributed by atoms with Crippen LogP contribution in [0.4, 0.5) is 5.82 Å². The predicted molar refractivity (Wildman–Crippen MR) is 77.3 cm³/mol. The molecule has 6 heteroatoms. The lowest BCUT2D eigenvalue weighted by molar-refractivity contribution is 0.0380. The van der Waals surface area contributed by atoms with Crippen molar-refractivity contribution in [3.05, 3.63) is 22.8 Å². The van der Waals surface area contributed by atoms with Gasteiger partial charge in [-0.25, -0.2) is 9.78 Å². The molecule has 0 radical (unpaired) electrons. The van der Waals surface area contributed by atoms with Crippen LogP contribution in [0.25, 0.3) is 0 Å². The topological polar surface area (TPSA) is 82.5 Å². The fraction of sp³-hybridized carbons (Fsp3) is 0.571. The van der Waals surface area contributed by atoms with Crippen molar-refractivity contribution in [2.45, 2.75) is 44.1 Å². The summed E-state index contributed by atoms with van der Waals surface area (Å²) in [4.78, 5) is 14.8. The SMILES string of the molecule is O=C(O)c1cnc(NCC2(O)CCCCCC2)c(Cl)c1. The second-order valence-corrected chi connectivity index (χ2v) is 5.76. The van der Waals surface area contributed by atoms with E-state index in [1.165, 1.54) is 12.3 Å². The Morgan fingerprint density at radius 2 is 2.00 bits per heavy atom. The Labute approximate surface area is 123 Å². The van der Waals surface area contributed by atoms with Crippen molar-refractivity contribution in [3.8, 4) is 0 Å². The third-order valence-electron chi connectivity index (χ3n) is 3.71. The minimum atomic E-state index is -1.06. The molecule has 20 heavy (non-hydrogen) atoms. The minimum Gasteiger partial charge on any atom is -0.478 e. The largest absolute Gasteiger partial charge is 0.478 e. The third-order valence-corrected chi connectivity index (χ3v) is 4.00. The summed E-state index contributed by atoms with van der Waals surface area (Å²) < 4.78 is 0. The average Bonchev–Trinajstić information content (AvgIpc) is 2.62. The van der Waals surface area contributed by atoms with Gasteiger partial charge in [-0.2, -0.15) is 0 Å². The molecule has 0 unspecified atom stereocenters. The van der Waals surface area contributed by atoms with E-state index in [9.17, 15) is 9.90 Å². The second-order valence-electron chi connectivity index (χ2n) is 5.35. The van der Waals surface area contributed by atoms with Gasteiger partial charge in [-0.1, -0.05) is 37.3 Å². The van der Waals surface area contributed by atoms with Gasteiger partial charge in [0.1, 0.15) is 5.82 Å². The first-order valence-electron chi connectivity index (χ1n) is 6.85. The van der Waals surface area contributed by atoms with E-state index in [1.807, 2.05) is 0 Å². The van der Waals surface area contributed by atoms with Crippen LogP contribution in [0.15, 0.2) is 12.3 Å². The van der Waals surface area contributed by atoms with Gasteiger partial charge in [-0.05, 0) is 18.9 Å². The number of anilines is 1. The number of nitrogens with zero attached hydrogens (tertiary/aromatic N) is 1. The Kier molecular flexibility index (Phi) is 4.83. The monoisotopic (exact) mass is 298 g/mol. The summed E-state index contributed by atoms with van der Waals surface area (Å²) >= 11 is 6.00. The number of carboxylic acids is 1. The van der Waals surface area contributed by atoms with Crippen LogP contribution in [0.1, 0.15) is 48.9 Å². The first kappa shape index (κ1) is 15.1. The zero-order chi connectivity index (χ0) is 14.6. The van der Waals surface area contributed by atoms with Crippen LogP contribution in [-0.4, -0.2) is 33.3 Å². The first-order chi connectivity index (χ1) is 9.50. The van der Waals surface area contributed by atoms with Gasteiger partial charge in [0.25, 0.3) is 0 Å². The van der Waals surface area contributed by atoms with E-state index in [2.05, 4.69) is 10.3 Å². The summed E-state index contributed by atoms with van der Waals surface area (Å²) in [6.45, 7) is 0.381. The van der Waals surface area contributed by atoms with E-state index in [0.717, 1.165) is 38.5 Å². The molecule has 3 N–H and O–H groups in total. The molecule has 0 aliphatic heterocycles. The molecule has 1 fully saturated rings. The molecule has 1 aromatic rings. The number of hydrogen-bond donors (Lipinski definition) is 3. The van der Waals surface area contributed by atoms with E-state index in [0.29, 0.717) is 12.4 Å². The Balaban J connectivity index is 2.01. The van der Waals surface area contributed by atoms with Crippen LogP contribution < -0.4 is 5.32 Å². The number of carboxylic acid groups (broad SMARTS) is 1. The molecule has 1 heterocycles. The van der Waals surface area contributed by atoms with Crippen LogP contribution in [0, 0.1) is 0 Å². The number of halogens is 1. The van der Waals surface area contributed by atoms with Crippen molar-refractivity contribution in [3.63, 3.8) is 0 Å². The third kappa shape index (κ3) is 3.84. The first-order valence-corrected chi connectivity index (χ1v) is 7.23. The Morgan fingerprint density at radius 3 is 2.55 bits per heavy atom. The normalized spacial score (nSPS) is 18.3. The zero-order valence-electron chi connectivity index (χ0n) is 11.2. The van der Waals surface area contributed by atoms with Crippen LogP contribution in [0.2, 0.25) is 5.02 Å². The smallest absolute Gasteiger partial charge is 0.337 e. The van der Waals surface area contributed by atoms with Crippen molar-refractivity contribution in [1.29, 1.82) is 0 Å². The molecule has 1 aliphatic rings. The van der Waals surface area contributed by atoms with Gasteiger partial charge in [0.05, 0.1) is 16.2 Å². The molecule has 0 saturated heterocycles. The summed E-state index contributed by atoms with van der Waals surface area (Å²) in [5, 5.41) is 22.6.